The number of nitrogens with zero attached hydrogens (tertiary/aromatic N) is 1. The summed E-state index contributed by atoms with van der Waals surface area (Å²) in [4.78, 5) is 8.37. The molecule has 0 aliphatic rings. The lowest BCUT2D eigenvalue weighted by Crippen LogP contribution is -2.32. The SMILES string of the molecule is CSc1nc(C[P+](c2ccccc2)(c2ccccc2)c2ccccc2)c(C)[nH]1. The fourth-order valence-corrected chi connectivity index (χ4v) is 8.41. The van der Waals surface area contributed by atoms with Crippen LogP contribution in [-0.4, -0.2) is 16.2 Å². The van der Waals surface area contributed by atoms with E-state index >= 15 is 0 Å². The molecule has 1 heterocycles. The van der Waals surface area contributed by atoms with Crippen LogP contribution in [-0.2, 0) is 6.16 Å². The van der Waals surface area contributed by atoms with Crippen molar-refractivity contribution in [1.29, 1.82) is 0 Å². The van der Waals surface area contributed by atoms with Gasteiger partial charge in [-0.05, 0) is 49.6 Å². The molecule has 4 aromatic rings. The fourth-order valence-electron chi connectivity index (χ4n) is 3.71. The average molecular weight is 404 g/mol. The Morgan fingerprint density at radius 1 is 0.750 bits per heavy atom. The second-order valence-electron chi connectivity index (χ2n) is 6.79. The van der Waals surface area contributed by atoms with Gasteiger partial charge in [0, 0.05) is 5.69 Å². The van der Waals surface area contributed by atoms with E-state index in [0.717, 1.165) is 22.7 Å². The van der Waals surface area contributed by atoms with Gasteiger partial charge in [-0.1, -0.05) is 66.4 Å². The molecule has 0 amide bonds. The van der Waals surface area contributed by atoms with Crippen LogP contribution in [0.3, 0.4) is 0 Å². The Hall–Kier alpha value is -2.35. The smallest absolute Gasteiger partial charge is 0.165 e. The minimum Gasteiger partial charge on any atom is -0.337 e. The number of hydrogen-bond donors (Lipinski definition) is 1. The van der Waals surface area contributed by atoms with Crippen LogP contribution in [0.5, 0.6) is 0 Å². The first kappa shape index (κ1) is 19.0. The molecule has 0 fully saturated rings. The topological polar surface area (TPSA) is 28.7 Å². The predicted molar refractivity (Wildman–Crippen MR) is 124 cm³/mol. The van der Waals surface area contributed by atoms with Crippen molar-refractivity contribution in [1.82, 2.24) is 9.97 Å². The maximum absolute atomic E-state index is 4.92. The molecule has 0 saturated carbocycles. The van der Waals surface area contributed by atoms with Crippen molar-refractivity contribution in [3.8, 4) is 0 Å². The van der Waals surface area contributed by atoms with Crippen molar-refractivity contribution in [2.45, 2.75) is 18.2 Å². The van der Waals surface area contributed by atoms with E-state index in [1.54, 1.807) is 11.8 Å². The van der Waals surface area contributed by atoms with Gasteiger partial charge in [-0.3, -0.25) is 0 Å². The third-order valence-electron chi connectivity index (χ3n) is 5.13. The quantitative estimate of drug-likeness (QED) is 0.365. The molecule has 0 radical (unpaired) electrons. The molecule has 0 atom stereocenters. The van der Waals surface area contributed by atoms with Gasteiger partial charge in [-0.15, -0.1) is 0 Å². The number of aromatic amines is 1. The van der Waals surface area contributed by atoms with E-state index in [1.807, 2.05) is 0 Å². The highest BCUT2D eigenvalue weighted by Crippen LogP contribution is 2.58. The lowest BCUT2D eigenvalue weighted by Gasteiger charge is -2.27. The van der Waals surface area contributed by atoms with Gasteiger partial charge >= 0.3 is 0 Å². The Balaban J connectivity index is 1.99. The number of aromatic nitrogens is 2. The summed E-state index contributed by atoms with van der Waals surface area (Å²) in [5, 5.41) is 5.15. The number of imidazole rings is 1. The summed E-state index contributed by atoms with van der Waals surface area (Å²) in [5.74, 6) is 0. The van der Waals surface area contributed by atoms with Crippen LogP contribution >= 0.6 is 19.0 Å². The number of rotatable bonds is 6. The first-order valence-corrected chi connectivity index (χ1v) is 12.6. The summed E-state index contributed by atoms with van der Waals surface area (Å²) in [6.45, 7) is 2.14. The first-order valence-electron chi connectivity index (χ1n) is 9.38. The van der Waals surface area contributed by atoms with E-state index in [4.69, 9.17) is 4.98 Å². The summed E-state index contributed by atoms with van der Waals surface area (Å²) in [6, 6.07) is 32.9. The monoisotopic (exact) mass is 403 g/mol. The molecular formula is C24H24N2PS+. The number of nitrogens with one attached hydrogen (secondary N) is 1. The Kier molecular flexibility index (Phi) is 5.66. The molecule has 0 bridgehead atoms. The number of H-pyrrole nitrogens is 1. The van der Waals surface area contributed by atoms with Crippen LogP contribution in [0.15, 0.2) is 96.2 Å². The fraction of sp³-hybridized carbons (Fsp3) is 0.125. The average Bonchev–Trinajstić information content (AvgIpc) is 3.13. The number of aryl methyl sites for hydroxylation is 1. The molecule has 4 rings (SSSR count). The molecule has 28 heavy (non-hydrogen) atoms. The van der Waals surface area contributed by atoms with E-state index in [2.05, 4.69) is 109 Å². The molecule has 3 aromatic carbocycles. The van der Waals surface area contributed by atoms with Gasteiger partial charge in [0.05, 0.1) is 0 Å². The molecule has 0 aliphatic heterocycles. The van der Waals surface area contributed by atoms with Crippen LogP contribution in [0.2, 0.25) is 0 Å². The molecule has 0 spiro atoms. The lowest BCUT2D eigenvalue weighted by molar-refractivity contribution is 1.03. The molecule has 140 valence electrons. The van der Waals surface area contributed by atoms with Gasteiger partial charge in [-0.25, -0.2) is 4.98 Å². The summed E-state index contributed by atoms with van der Waals surface area (Å²) in [5.41, 5.74) is 2.32. The van der Waals surface area contributed by atoms with Gasteiger partial charge in [0.1, 0.15) is 35.0 Å². The van der Waals surface area contributed by atoms with Gasteiger partial charge in [0.25, 0.3) is 0 Å². The Morgan fingerprint density at radius 2 is 1.18 bits per heavy atom. The van der Waals surface area contributed by atoms with Crippen LogP contribution in [0.1, 0.15) is 11.4 Å². The zero-order valence-corrected chi connectivity index (χ0v) is 17.9. The second kappa shape index (κ2) is 8.34. The van der Waals surface area contributed by atoms with E-state index in [9.17, 15) is 0 Å². The van der Waals surface area contributed by atoms with Crippen molar-refractivity contribution in [3.63, 3.8) is 0 Å². The van der Waals surface area contributed by atoms with Crippen LogP contribution < -0.4 is 15.9 Å². The van der Waals surface area contributed by atoms with E-state index in [0.29, 0.717) is 0 Å². The highest BCUT2D eigenvalue weighted by atomic mass is 32.2. The van der Waals surface area contributed by atoms with Crippen molar-refractivity contribution in [2.24, 2.45) is 0 Å². The summed E-state index contributed by atoms with van der Waals surface area (Å²) < 4.78 is 0. The normalized spacial score (nSPS) is 11.5. The maximum atomic E-state index is 4.92. The van der Waals surface area contributed by atoms with Gasteiger partial charge < -0.3 is 4.98 Å². The second-order valence-corrected chi connectivity index (χ2v) is 11.1. The predicted octanol–water partition coefficient (Wildman–Crippen LogP) is 4.93. The van der Waals surface area contributed by atoms with Crippen molar-refractivity contribution in [3.05, 3.63) is 102 Å². The third kappa shape index (κ3) is 3.53. The number of thioether (sulfide) groups is 1. The molecule has 1 aromatic heterocycles. The molecule has 1 N–H and O–H groups in total. The minimum absolute atomic E-state index is 0.911. The highest BCUT2D eigenvalue weighted by molar-refractivity contribution is 7.98. The van der Waals surface area contributed by atoms with Crippen LogP contribution in [0.25, 0.3) is 0 Å². The molecular weight excluding hydrogens is 379 g/mol. The Bertz CT molecular complexity index is 934. The zero-order valence-electron chi connectivity index (χ0n) is 16.2. The minimum atomic E-state index is -1.89. The van der Waals surface area contributed by atoms with Gasteiger partial charge in [-0.2, -0.15) is 0 Å². The summed E-state index contributed by atoms with van der Waals surface area (Å²) in [7, 11) is -1.89. The molecule has 4 heteroatoms. The first-order chi connectivity index (χ1) is 13.7. The zero-order chi connectivity index (χ0) is 19.4. The molecule has 0 aliphatic carbocycles. The van der Waals surface area contributed by atoms with Crippen molar-refractivity contribution in [2.75, 3.05) is 6.26 Å². The molecule has 0 saturated heterocycles. The Morgan fingerprint density at radius 3 is 1.54 bits per heavy atom. The molecule has 2 nitrogen and oxygen atoms in total. The van der Waals surface area contributed by atoms with Crippen LogP contribution in [0, 0.1) is 6.92 Å². The van der Waals surface area contributed by atoms with Gasteiger partial charge in [0.2, 0.25) is 0 Å². The van der Waals surface area contributed by atoms with Crippen LogP contribution in [0.4, 0.5) is 0 Å². The number of hydrogen-bond acceptors (Lipinski definition) is 2. The Labute approximate surface area is 171 Å². The van der Waals surface area contributed by atoms with Crippen molar-refractivity contribution < 1.29 is 0 Å². The van der Waals surface area contributed by atoms with E-state index in [1.165, 1.54) is 15.9 Å². The standard InChI is InChI=1S/C24H24N2PS/c1-19-23(26-24(25-19)28-2)18-27(20-12-6-3-7-13-20,21-14-8-4-9-15-21)22-16-10-5-11-17-22/h3-17H,18H2,1-2H3,(H,25,26)/q+1. The largest absolute Gasteiger partial charge is 0.337 e. The number of benzene rings is 3. The van der Waals surface area contributed by atoms with Gasteiger partial charge in [0.15, 0.2) is 5.16 Å². The lowest BCUT2D eigenvalue weighted by atomic mass is 10.3. The third-order valence-corrected chi connectivity index (χ3v) is 10.0. The summed E-state index contributed by atoms with van der Waals surface area (Å²) in [6.07, 6.45) is 2.98. The highest BCUT2D eigenvalue weighted by Gasteiger charge is 2.46. The summed E-state index contributed by atoms with van der Waals surface area (Å²) >= 11 is 1.66. The van der Waals surface area contributed by atoms with Crippen molar-refractivity contribution >= 4 is 34.9 Å². The molecule has 0 unspecified atom stereocenters. The maximum Gasteiger partial charge on any atom is 0.165 e. The van der Waals surface area contributed by atoms with E-state index in [-0.39, 0.29) is 0 Å². The van der Waals surface area contributed by atoms with E-state index < -0.39 is 7.26 Å².